The first-order valence-electron chi connectivity index (χ1n) is 20.8. The van der Waals surface area contributed by atoms with Gasteiger partial charge in [0.25, 0.3) is 0 Å². The molecule has 0 bridgehead atoms. The summed E-state index contributed by atoms with van der Waals surface area (Å²) >= 11 is -1.80. The maximum absolute atomic E-state index is 6.44. The Morgan fingerprint density at radius 3 is 2.08 bits per heavy atom. The third-order valence-corrected chi connectivity index (χ3v) is 15.5. The van der Waals surface area contributed by atoms with E-state index < -0.39 is 13.3 Å². The average molecular weight is 1030 g/mol. The van der Waals surface area contributed by atoms with Crippen LogP contribution in [-0.4, -0.2) is 32.8 Å². The van der Waals surface area contributed by atoms with Gasteiger partial charge in [-0.1, -0.05) is 81.1 Å². The molecular formula is C53H52GeIrN4O-2. The molecule has 0 saturated carbocycles. The zero-order valence-corrected chi connectivity index (χ0v) is 40.5. The molecule has 0 unspecified atom stereocenters. The van der Waals surface area contributed by atoms with Crippen molar-refractivity contribution in [3.63, 3.8) is 0 Å². The summed E-state index contributed by atoms with van der Waals surface area (Å²) in [6.45, 7) is 13.3. The van der Waals surface area contributed by atoms with Gasteiger partial charge in [-0.15, -0.1) is 18.2 Å². The summed E-state index contributed by atoms with van der Waals surface area (Å²) < 4.78 is 10.3. The van der Waals surface area contributed by atoms with Crippen molar-refractivity contribution in [1.82, 2.24) is 19.5 Å². The van der Waals surface area contributed by atoms with E-state index in [1.54, 1.807) is 0 Å². The normalized spacial score (nSPS) is 11.7. The second-order valence-corrected chi connectivity index (χ2v) is 27.6. The van der Waals surface area contributed by atoms with Gasteiger partial charge in [-0.3, -0.25) is 4.98 Å². The number of para-hydroxylation sites is 2. The Morgan fingerprint density at radius 2 is 1.42 bits per heavy atom. The summed E-state index contributed by atoms with van der Waals surface area (Å²) in [6.07, 6.45) is 3.19. The predicted molar refractivity (Wildman–Crippen MR) is 250 cm³/mol. The second kappa shape index (κ2) is 17.8. The number of pyridine rings is 2. The zero-order valence-electron chi connectivity index (χ0n) is 36.0. The monoisotopic (exact) mass is 1030 g/mol. The van der Waals surface area contributed by atoms with Crippen molar-refractivity contribution in [1.29, 1.82) is 0 Å². The molecule has 60 heavy (non-hydrogen) atoms. The predicted octanol–water partition coefficient (Wildman–Crippen LogP) is 13.7. The van der Waals surface area contributed by atoms with Crippen LogP contribution >= 0.6 is 0 Å². The summed E-state index contributed by atoms with van der Waals surface area (Å²) in [6, 6.07) is 48.9. The number of furan rings is 1. The van der Waals surface area contributed by atoms with Crippen LogP contribution in [0.25, 0.3) is 72.6 Å². The molecule has 0 fully saturated rings. The molecule has 7 heteroatoms. The van der Waals surface area contributed by atoms with Crippen molar-refractivity contribution in [3.05, 3.63) is 162 Å². The van der Waals surface area contributed by atoms with E-state index >= 15 is 0 Å². The van der Waals surface area contributed by atoms with Crippen LogP contribution in [0.3, 0.4) is 0 Å². The van der Waals surface area contributed by atoms with E-state index in [1.807, 2.05) is 43.3 Å². The van der Waals surface area contributed by atoms with Crippen LogP contribution in [0.2, 0.25) is 17.3 Å². The number of nitrogens with zero attached hydrogens (tertiary/aromatic N) is 4. The summed E-state index contributed by atoms with van der Waals surface area (Å²) in [5, 5.41) is 2.02. The molecule has 4 heterocycles. The van der Waals surface area contributed by atoms with Crippen LogP contribution < -0.4 is 4.40 Å². The van der Waals surface area contributed by atoms with Crippen molar-refractivity contribution in [2.45, 2.75) is 77.1 Å². The molecule has 5 nitrogen and oxygen atoms in total. The van der Waals surface area contributed by atoms with Crippen LogP contribution in [-0.2, 0) is 26.5 Å². The number of aryl methyl sites for hydroxylation is 2. The molecule has 305 valence electrons. The Balaban J connectivity index is 0.000000241. The summed E-state index contributed by atoms with van der Waals surface area (Å²) in [5.74, 6) is 8.67. The van der Waals surface area contributed by atoms with E-state index in [0.29, 0.717) is 17.5 Å². The first kappa shape index (κ1) is 43.0. The maximum atomic E-state index is 6.44. The Kier molecular flexibility index (Phi) is 12.8. The van der Waals surface area contributed by atoms with E-state index in [9.17, 15) is 0 Å². The molecule has 0 spiro atoms. The van der Waals surface area contributed by atoms with Crippen LogP contribution in [0, 0.1) is 19.1 Å². The first-order valence-corrected chi connectivity index (χ1v) is 28.2. The van der Waals surface area contributed by atoms with E-state index in [-0.39, 0.29) is 20.1 Å². The topological polar surface area (TPSA) is 56.7 Å². The van der Waals surface area contributed by atoms with E-state index in [1.165, 1.54) is 37.9 Å². The van der Waals surface area contributed by atoms with Crippen LogP contribution in [0.5, 0.6) is 0 Å². The molecular weight excluding hydrogens is 973 g/mol. The van der Waals surface area contributed by atoms with Gasteiger partial charge in [0.2, 0.25) is 5.71 Å². The molecule has 9 rings (SSSR count). The van der Waals surface area contributed by atoms with E-state index in [4.69, 9.17) is 9.40 Å². The third kappa shape index (κ3) is 8.43. The van der Waals surface area contributed by atoms with Gasteiger partial charge in [0.15, 0.2) is 0 Å². The number of fused-ring (bicyclic) bond motifs is 4. The van der Waals surface area contributed by atoms with Gasteiger partial charge >= 0.3 is 113 Å². The van der Waals surface area contributed by atoms with Gasteiger partial charge in [0, 0.05) is 36.9 Å². The number of imidazole rings is 1. The number of rotatable bonds is 8. The third-order valence-electron chi connectivity index (χ3n) is 11.1. The smallest absolute Gasteiger partial charge is 0.216 e. The van der Waals surface area contributed by atoms with Crippen molar-refractivity contribution < 1.29 is 24.5 Å². The fraction of sp³-hybridized carbons (Fsp3) is 0.226. The van der Waals surface area contributed by atoms with Crippen molar-refractivity contribution in [2.75, 3.05) is 0 Å². The minimum Gasteiger partial charge on any atom is -0.486 e. The standard InChI is InChI=1S/C37H32N3O.C16H20GeN.Ir/c1-22(2)30-20-26(25-12-7-6-8-13-25)21-31(23(3)4)34(30)40-33-17-10-9-16-32(33)39-36(40)29-15-11-14-27-28-19-18-24(5)38-37(28)41-35(27)29;1-5-13-11-16(14-9-7-6-8-10-14)18-12-15(13)17(2,3)4;/h6-14,16-23H,1-5H3;6-9,11-12H,5H2,1-4H3;/q2*-1;. The molecule has 4 aromatic heterocycles. The minimum atomic E-state index is -1.80. The van der Waals surface area contributed by atoms with Gasteiger partial charge < -0.3 is 8.98 Å². The maximum Gasteiger partial charge on any atom is 0.216 e. The minimum absolute atomic E-state index is 0. The summed E-state index contributed by atoms with van der Waals surface area (Å²) in [4.78, 5) is 14.5. The van der Waals surface area contributed by atoms with Gasteiger partial charge in [0.1, 0.15) is 0 Å². The molecule has 9 aromatic rings. The quantitative estimate of drug-likeness (QED) is 0.112. The van der Waals surface area contributed by atoms with Crippen LogP contribution in [0.4, 0.5) is 0 Å². The fourth-order valence-corrected chi connectivity index (χ4v) is 11.6. The molecule has 0 amide bonds. The van der Waals surface area contributed by atoms with Gasteiger partial charge in [0.05, 0.1) is 22.4 Å². The number of aromatic nitrogens is 4. The Morgan fingerprint density at radius 1 is 0.717 bits per heavy atom. The molecule has 0 aliphatic heterocycles. The molecule has 5 aromatic carbocycles. The molecule has 1 radical (unpaired) electrons. The van der Waals surface area contributed by atoms with E-state index in [2.05, 4.69) is 170 Å². The van der Waals surface area contributed by atoms with Gasteiger partial charge in [-0.25, -0.2) is 4.98 Å². The van der Waals surface area contributed by atoms with Crippen molar-refractivity contribution in [2.24, 2.45) is 0 Å². The molecule has 0 saturated heterocycles. The van der Waals surface area contributed by atoms with Gasteiger partial charge in [-0.05, 0) is 77.4 Å². The SMILES string of the molecule is CCc1cc(-c2[c-]cccc2)nc[c]1[Ge]([CH3])([CH3])[CH3].Cc1ccc2c(n1)oc1c(-c3nc4ccccc4n3-c3c(C(C)C)cc(-c4ccccc4)cc3C(C)C)[c-]ccc12.[Ir]. The first-order chi connectivity index (χ1) is 28.4. The molecule has 0 aliphatic carbocycles. The number of hydrogen-bond acceptors (Lipinski definition) is 4. The van der Waals surface area contributed by atoms with Crippen molar-refractivity contribution in [3.8, 4) is 39.5 Å². The zero-order chi connectivity index (χ0) is 41.4. The van der Waals surface area contributed by atoms with Crippen LogP contribution in [0.15, 0.2) is 132 Å². The van der Waals surface area contributed by atoms with Crippen LogP contribution in [0.1, 0.15) is 68.8 Å². The Hall–Kier alpha value is -5.14. The Labute approximate surface area is 371 Å². The largest absolute Gasteiger partial charge is 0.486 e. The van der Waals surface area contributed by atoms with Crippen molar-refractivity contribution >= 4 is 50.8 Å². The fourth-order valence-electron chi connectivity index (χ4n) is 8.08. The summed E-state index contributed by atoms with van der Waals surface area (Å²) in [5.41, 5.74) is 15.0. The summed E-state index contributed by atoms with van der Waals surface area (Å²) in [7, 11) is 0. The Bertz CT molecular complexity index is 2900. The van der Waals surface area contributed by atoms with Gasteiger partial charge in [-0.2, -0.15) is 0 Å². The molecule has 0 N–H and O–H groups in total. The average Bonchev–Trinajstić information content (AvgIpc) is 3.81. The number of hydrogen-bond donors (Lipinski definition) is 0. The number of benzene rings is 5. The molecule has 0 atom stereocenters. The second-order valence-electron chi connectivity index (χ2n) is 17.0. The molecule has 0 aliphatic rings. The van der Waals surface area contributed by atoms with E-state index in [0.717, 1.165) is 62.1 Å².